The predicted molar refractivity (Wildman–Crippen MR) is 86.5 cm³/mol. The molecule has 0 radical (unpaired) electrons. The monoisotopic (exact) mass is 325 g/mol. The zero-order valence-corrected chi connectivity index (χ0v) is 12.9. The quantitative estimate of drug-likeness (QED) is 0.848. The van der Waals surface area contributed by atoms with Gasteiger partial charge in [-0.05, 0) is 23.3 Å². The summed E-state index contributed by atoms with van der Waals surface area (Å²) in [5, 5.41) is 0.646. The molecule has 0 aliphatic rings. The molecule has 0 heterocycles. The summed E-state index contributed by atoms with van der Waals surface area (Å²) in [7, 11) is 0. The van der Waals surface area contributed by atoms with E-state index < -0.39 is 0 Å². The molecular formula is C16H17Cl2NO2. The summed E-state index contributed by atoms with van der Waals surface area (Å²) in [6.07, 6.45) is 0.147. The molecule has 2 rings (SSSR count). The highest BCUT2D eigenvalue weighted by Crippen LogP contribution is 2.17. The van der Waals surface area contributed by atoms with Crippen LogP contribution in [0.5, 0.6) is 0 Å². The van der Waals surface area contributed by atoms with Gasteiger partial charge in [0, 0.05) is 11.1 Å². The molecule has 0 aromatic heterocycles. The van der Waals surface area contributed by atoms with Gasteiger partial charge in [0.25, 0.3) is 0 Å². The Kier molecular flexibility index (Phi) is 7.23. The van der Waals surface area contributed by atoms with Crippen molar-refractivity contribution < 1.29 is 9.53 Å². The van der Waals surface area contributed by atoms with E-state index in [9.17, 15) is 4.79 Å². The number of benzene rings is 2. The van der Waals surface area contributed by atoms with Gasteiger partial charge in [0.2, 0.25) is 0 Å². The van der Waals surface area contributed by atoms with Crippen LogP contribution in [0.4, 0.5) is 0 Å². The molecule has 0 amide bonds. The Labute approximate surface area is 135 Å². The van der Waals surface area contributed by atoms with Crippen LogP contribution in [0.25, 0.3) is 0 Å². The van der Waals surface area contributed by atoms with Gasteiger partial charge in [0.15, 0.2) is 0 Å². The lowest BCUT2D eigenvalue weighted by molar-refractivity contribution is -0.145. The maximum atomic E-state index is 11.7. The molecule has 3 nitrogen and oxygen atoms in total. The van der Waals surface area contributed by atoms with E-state index in [0.717, 1.165) is 11.1 Å². The summed E-state index contributed by atoms with van der Waals surface area (Å²) >= 11 is 5.81. The number of hydrogen-bond donors (Lipinski definition) is 1. The number of rotatable bonds is 5. The molecule has 0 fully saturated rings. The molecular weight excluding hydrogens is 309 g/mol. The highest BCUT2D eigenvalue weighted by atomic mass is 35.5. The van der Waals surface area contributed by atoms with Gasteiger partial charge in [0.1, 0.15) is 6.61 Å². The van der Waals surface area contributed by atoms with E-state index in [1.807, 2.05) is 42.5 Å². The smallest absolute Gasteiger partial charge is 0.308 e. The highest BCUT2D eigenvalue weighted by Gasteiger charge is 2.12. The van der Waals surface area contributed by atoms with Crippen molar-refractivity contribution in [1.29, 1.82) is 0 Å². The van der Waals surface area contributed by atoms with Crippen LogP contribution in [0, 0.1) is 0 Å². The van der Waals surface area contributed by atoms with Crippen molar-refractivity contribution in [2.75, 3.05) is 0 Å². The first kappa shape index (κ1) is 17.5. The second-order valence-corrected chi connectivity index (χ2v) is 4.94. The zero-order valence-electron chi connectivity index (χ0n) is 11.4. The average molecular weight is 326 g/mol. The summed E-state index contributed by atoms with van der Waals surface area (Å²) in [5.74, 6) is -0.309. The van der Waals surface area contributed by atoms with Crippen LogP contribution < -0.4 is 5.73 Å². The van der Waals surface area contributed by atoms with Crippen LogP contribution in [0.1, 0.15) is 23.6 Å². The van der Waals surface area contributed by atoms with E-state index in [-0.39, 0.29) is 37.4 Å². The maximum Gasteiger partial charge on any atom is 0.308 e. The van der Waals surface area contributed by atoms with Crippen molar-refractivity contribution in [3.05, 3.63) is 70.7 Å². The van der Waals surface area contributed by atoms with Crippen molar-refractivity contribution in [2.45, 2.75) is 19.1 Å². The second-order valence-electron chi connectivity index (χ2n) is 4.51. The minimum absolute atomic E-state index is 0. The minimum Gasteiger partial charge on any atom is -0.461 e. The Morgan fingerprint density at radius 3 is 2.33 bits per heavy atom. The first-order valence-electron chi connectivity index (χ1n) is 6.36. The SMILES string of the molecule is Cl.NC(CC(=O)OCc1ccccc1)c1ccc(Cl)cc1. The number of hydrogen-bond acceptors (Lipinski definition) is 3. The van der Waals surface area contributed by atoms with E-state index in [1.165, 1.54) is 0 Å². The summed E-state index contributed by atoms with van der Waals surface area (Å²) in [4.78, 5) is 11.7. The molecule has 0 saturated heterocycles. The number of halogens is 2. The largest absolute Gasteiger partial charge is 0.461 e. The molecule has 2 aromatic carbocycles. The van der Waals surface area contributed by atoms with Gasteiger partial charge < -0.3 is 10.5 Å². The lowest BCUT2D eigenvalue weighted by Crippen LogP contribution is -2.17. The third kappa shape index (κ3) is 5.76. The van der Waals surface area contributed by atoms with Crippen LogP contribution in [0.15, 0.2) is 54.6 Å². The summed E-state index contributed by atoms with van der Waals surface area (Å²) in [6, 6.07) is 16.3. The van der Waals surface area contributed by atoms with Crippen molar-refractivity contribution in [3.8, 4) is 0 Å². The van der Waals surface area contributed by atoms with Crippen LogP contribution >= 0.6 is 24.0 Å². The van der Waals surface area contributed by atoms with Crippen LogP contribution in [0.2, 0.25) is 5.02 Å². The minimum atomic E-state index is -0.379. The third-order valence-electron chi connectivity index (χ3n) is 2.93. The van der Waals surface area contributed by atoms with Crippen LogP contribution in [-0.4, -0.2) is 5.97 Å². The Hall–Kier alpha value is -1.55. The first-order chi connectivity index (χ1) is 9.65. The van der Waals surface area contributed by atoms with Crippen LogP contribution in [-0.2, 0) is 16.1 Å². The molecule has 112 valence electrons. The molecule has 2 aromatic rings. The van der Waals surface area contributed by atoms with Gasteiger partial charge >= 0.3 is 5.97 Å². The van der Waals surface area contributed by atoms with Gasteiger partial charge in [-0.15, -0.1) is 12.4 Å². The number of esters is 1. The Bertz CT molecular complexity index is 558. The molecule has 0 aliphatic heterocycles. The summed E-state index contributed by atoms with van der Waals surface area (Å²) < 4.78 is 5.20. The lowest BCUT2D eigenvalue weighted by Gasteiger charge is -2.12. The molecule has 5 heteroatoms. The second kappa shape index (κ2) is 8.67. The topological polar surface area (TPSA) is 52.3 Å². The van der Waals surface area contributed by atoms with Gasteiger partial charge in [0.05, 0.1) is 6.42 Å². The fourth-order valence-corrected chi connectivity index (χ4v) is 1.93. The van der Waals surface area contributed by atoms with E-state index >= 15 is 0 Å². The Morgan fingerprint density at radius 2 is 1.71 bits per heavy atom. The molecule has 21 heavy (non-hydrogen) atoms. The Balaban J connectivity index is 0.00000220. The van der Waals surface area contributed by atoms with E-state index in [4.69, 9.17) is 22.1 Å². The van der Waals surface area contributed by atoms with E-state index in [0.29, 0.717) is 5.02 Å². The number of carbonyl (C=O) groups is 1. The normalized spacial score (nSPS) is 11.3. The van der Waals surface area contributed by atoms with Crippen molar-refractivity contribution in [1.82, 2.24) is 0 Å². The molecule has 0 aliphatic carbocycles. The molecule has 0 bridgehead atoms. The molecule has 1 unspecified atom stereocenters. The van der Waals surface area contributed by atoms with E-state index in [2.05, 4.69) is 0 Å². The molecule has 1 atom stereocenters. The van der Waals surface area contributed by atoms with E-state index in [1.54, 1.807) is 12.1 Å². The number of nitrogens with two attached hydrogens (primary N) is 1. The first-order valence-corrected chi connectivity index (χ1v) is 6.73. The standard InChI is InChI=1S/C16H16ClNO2.ClH/c17-14-8-6-13(7-9-14)15(18)10-16(19)20-11-12-4-2-1-3-5-12;/h1-9,15H,10-11,18H2;1H. The number of carbonyl (C=O) groups excluding carboxylic acids is 1. The predicted octanol–water partition coefficient (Wildman–Crippen LogP) is 3.90. The summed E-state index contributed by atoms with van der Waals surface area (Å²) in [5.41, 5.74) is 7.80. The Morgan fingerprint density at radius 1 is 1.10 bits per heavy atom. The maximum absolute atomic E-state index is 11.7. The fourth-order valence-electron chi connectivity index (χ4n) is 1.80. The van der Waals surface area contributed by atoms with Gasteiger partial charge in [-0.1, -0.05) is 54.1 Å². The average Bonchev–Trinajstić information content (AvgIpc) is 2.47. The molecule has 0 saturated carbocycles. The zero-order chi connectivity index (χ0) is 14.4. The highest BCUT2D eigenvalue weighted by molar-refractivity contribution is 6.30. The molecule has 2 N–H and O–H groups in total. The van der Waals surface area contributed by atoms with Crippen molar-refractivity contribution in [2.24, 2.45) is 5.73 Å². The third-order valence-corrected chi connectivity index (χ3v) is 3.18. The van der Waals surface area contributed by atoms with Crippen molar-refractivity contribution >= 4 is 30.0 Å². The lowest BCUT2D eigenvalue weighted by atomic mass is 10.1. The fraction of sp³-hybridized carbons (Fsp3) is 0.188. The number of ether oxygens (including phenoxy) is 1. The van der Waals surface area contributed by atoms with Gasteiger partial charge in [-0.25, -0.2) is 0 Å². The van der Waals surface area contributed by atoms with Crippen molar-refractivity contribution in [3.63, 3.8) is 0 Å². The summed E-state index contributed by atoms with van der Waals surface area (Å²) in [6.45, 7) is 0.271. The van der Waals surface area contributed by atoms with Crippen LogP contribution in [0.3, 0.4) is 0 Å². The van der Waals surface area contributed by atoms with Gasteiger partial charge in [-0.3, -0.25) is 4.79 Å². The molecule has 0 spiro atoms. The van der Waals surface area contributed by atoms with Gasteiger partial charge in [-0.2, -0.15) is 0 Å².